The smallest absolute Gasteiger partial charge is 0.167 e. The van der Waals surface area contributed by atoms with E-state index in [0.29, 0.717) is 6.42 Å². The highest BCUT2D eigenvalue weighted by atomic mass is 16.1. The van der Waals surface area contributed by atoms with Crippen LogP contribution < -0.4 is 0 Å². The molecule has 4 aromatic rings. The lowest BCUT2D eigenvalue weighted by Crippen LogP contribution is -2.05. The van der Waals surface area contributed by atoms with Crippen molar-refractivity contribution in [2.45, 2.75) is 6.42 Å². The molecule has 0 amide bonds. The lowest BCUT2D eigenvalue weighted by Gasteiger charge is -2.09. The molecule has 0 N–H and O–H groups in total. The maximum atomic E-state index is 13.0. The summed E-state index contributed by atoms with van der Waals surface area (Å²) in [5.41, 5.74) is 4.45. The average molecular weight is 323 g/mol. The first-order valence-corrected chi connectivity index (χ1v) is 8.33. The van der Waals surface area contributed by atoms with Crippen LogP contribution in [-0.4, -0.2) is 10.8 Å². The normalized spacial score (nSPS) is 10.7. The molecule has 0 saturated heterocycles. The van der Waals surface area contributed by atoms with E-state index in [2.05, 4.69) is 0 Å². The topological polar surface area (TPSA) is 30.0 Å². The Kier molecular flexibility index (Phi) is 4.09. The van der Waals surface area contributed by atoms with Gasteiger partial charge in [0.05, 0.1) is 11.2 Å². The molecule has 0 atom stereocenters. The van der Waals surface area contributed by atoms with Crippen molar-refractivity contribution >= 4 is 16.7 Å². The molecular formula is C23H17NO. The molecule has 2 nitrogen and oxygen atoms in total. The minimum absolute atomic E-state index is 0.113. The standard InChI is InChI=1S/C23H17NO/c25-23(15-17-9-3-1-4-10-17)20-16-22(18-11-5-2-6-12-18)24-21-14-8-7-13-19(20)21/h1-14,16H,15H2. The summed E-state index contributed by atoms with van der Waals surface area (Å²) < 4.78 is 0. The third kappa shape index (κ3) is 3.20. The Hall–Kier alpha value is -3.26. The zero-order valence-electron chi connectivity index (χ0n) is 13.7. The molecule has 0 unspecified atom stereocenters. The van der Waals surface area contributed by atoms with Crippen LogP contribution in [-0.2, 0) is 6.42 Å². The summed E-state index contributed by atoms with van der Waals surface area (Å²) in [7, 11) is 0. The monoisotopic (exact) mass is 323 g/mol. The van der Waals surface area contributed by atoms with Gasteiger partial charge in [-0.1, -0.05) is 78.9 Å². The van der Waals surface area contributed by atoms with Gasteiger partial charge in [-0.3, -0.25) is 4.79 Å². The number of para-hydroxylation sites is 1. The molecule has 0 aliphatic carbocycles. The number of hydrogen-bond acceptors (Lipinski definition) is 2. The van der Waals surface area contributed by atoms with Gasteiger partial charge in [-0.2, -0.15) is 0 Å². The fraction of sp³-hybridized carbons (Fsp3) is 0.0435. The molecule has 3 aromatic carbocycles. The first-order chi connectivity index (χ1) is 12.3. The summed E-state index contributed by atoms with van der Waals surface area (Å²) in [6.45, 7) is 0. The quantitative estimate of drug-likeness (QED) is 0.475. The Morgan fingerprint density at radius 1 is 0.760 bits per heavy atom. The minimum atomic E-state index is 0.113. The van der Waals surface area contributed by atoms with Crippen molar-refractivity contribution in [1.29, 1.82) is 0 Å². The molecule has 120 valence electrons. The van der Waals surface area contributed by atoms with Gasteiger partial charge in [-0.05, 0) is 17.7 Å². The van der Waals surface area contributed by atoms with Gasteiger partial charge in [0.1, 0.15) is 0 Å². The molecule has 1 aromatic heterocycles. The summed E-state index contributed by atoms with van der Waals surface area (Å²) in [5.74, 6) is 0.113. The van der Waals surface area contributed by atoms with Crippen LogP contribution in [0.1, 0.15) is 15.9 Å². The second-order valence-electron chi connectivity index (χ2n) is 6.02. The molecule has 0 aliphatic heterocycles. The number of carbonyl (C=O) groups excluding carboxylic acids is 1. The summed E-state index contributed by atoms with van der Waals surface area (Å²) in [5, 5.41) is 0.906. The van der Waals surface area contributed by atoms with Crippen LogP contribution in [0.15, 0.2) is 91.0 Å². The number of fused-ring (bicyclic) bond motifs is 1. The molecule has 0 spiro atoms. The van der Waals surface area contributed by atoms with Crippen molar-refractivity contribution in [3.63, 3.8) is 0 Å². The Morgan fingerprint density at radius 2 is 1.40 bits per heavy atom. The van der Waals surface area contributed by atoms with Gasteiger partial charge in [0.15, 0.2) is 5.78 Å². The Labute approximate surface area is 146 Å². The van der Waals surface area contributed by atoms with E-state index in [1.807, 2.05) is 91.0 Å². The fourth-order valence-electron chi connectivity index (χ4n) is 3.04. The number of ketones is 1. The molecular weight excluding hydrogens is 306 g/mol. The summed E-state index contributed by atoms with van der Waals surface area (Å²) >= 11 is 0. The Balaban J connectivity index is 1.83. The van der Waals surface area contributed by atoms with E-state index >= 15 is 0 Å². The zero-order valence-corrected chi connectivity index (χ0v) is 13.7. The van der Waals surface area contributed by atoms with Gasteiger partial charge in [0.2, 0.25) is 0 Å². The molecule has 2 heteroatoms. The van der Waals surface area contributed by atoms with Gasteiger partial charge < -0.3 is 0 Å². The molecule has 0 bridgehead atoms. The summed E-state index contributed by atoms with van der Waals surface area (Å²) in [4.78, 5) is 17.7. The van der Waals surface area contributed by atoms with Crippen molar-refractivity contribution < 1.29 is 4.79 Å². The first-order valence-electron chi connectivity index (χ1n) is 8.33. The van der Waals surface area contributed by atoms with Crippen LogP contribution in [0.5, 0.6) is 0 Å². The van der Waals surface area contributed by atoms with E-state index in [4.69, 9.17) is 4.98 Å². The summed E-state index contributed by atoms with van der Waals surface area (Å²) in [6, 6.07) is 29.6. The lowest BCUT2D eigenvalue weighted by molar-refractivity contribution is 0.0994. The third-order valence-corrected chi connectivity index (χ3v) is 4.29. The molecule has 4 rings (SSSR count). The average Bonchev–Trinajstić information content (AvgIpc) is 2.68. The maximum absolute atomic E-state index is 13.0. The molecule has 0 fully saturated rings. The number of pyridine rings is 1. The van der Waals surface area contributed by atoms with E-state index in [-0.39, 0.29) is 5.78 Å². The van der Waals surface area contributed by atoms with Crippen LogP contribution in [0.4, 0.5) is 0 Å². The fourth-order valence-corrected chi connectivity index (χ4v) is 3.04. The molecule has 25 heavy (non-hydrogen) atoms. The van der Waals surface area contributed by atoms with Crippen LogP contribution in [0.3, 0.4) is 0 Å². The van der Waals surface area contributed by atoms with Gasteiger partial charge in [0.25, 0.3) is 0 Å². The minimum Gasteiger partial charge on any atom is -0.294 e. The number of aromatic nitrogens is 1. The third-order valence-electron chi connectivity index (χ3n) is 4.29. The Morgan fingerprint density at radius 3 is 2.16 bits per heavy atom. The zero-order chi connectivity index (χ0) is 17.1. The highest BCUT2D eigenvalue weighted by Gasteiger charge is 2.14. The number of hydrogen-bond donors (Lipinski definition) is 0. The molecule has 0 radical (unpaired) electrons. The Bertz CT molecular complexity index is 1020. The van der Waals surface area contributed by atoms with E-state index in [1.165, 1.54) is 0 Å². The number of benzene rings is 3. The number of rotatable bonds is 4. The second-order valence-corrected chi connectivity index (χ2v) is 6.02. The van der Waals surface area contributed by atoms with Gasteiger partial charge >= 0.3 is 0 Å². The highest BCUT2D eigenvalue weighted by molar-refractivity contribution is 6.09. The van der Waals surface area contributed by atoms with Crippen molar-refractivity contribution in [1.82, 2.24) is 4.98 Å². The van der Waals surface area contributed by atoms with Gasteiger partial charge in [-0.25, -0.2) is 4.98 Å². The molecule has 0 saturated carbocycles. The van der Waals surface area contributed by atoms with Crippen molar-refractivity contribution in [2.75, 3.05) is 0 Å². The van der Waals surface area contributed by atoms with Gasteiger partial charge in [-0.15, -0.1) is 0 Å². The highest BCUT2D eigenvalue weighted by Crippen LogP contribution is 2.25. The van der Waals surface area contributed by atoms with Crippen LogP contribution >= 0.6 is 0 Å². The van der Waals surface area contributed by atoms with Crippen molar-refractivity contribution in [2.24, 2.45) is 0 Å². The van der Waals surface area contributed by atoms with E-state index in [9.17, 15) is 4.79 Å². The molecule has 1 heterocycles. The predicted molar refractivity (Wildman–Crippen MR) is 102 cm³/mol. The molecule has 0 aliphatic rings. The van der Waals surface area contributed by atoms with Crippen molar-refractivity contribution in [3.8, 4) is 11.3 Å². The number of Topliss-reactive ketones (excluding diaryl/α,β-unsaturated/α-hetero) is 1. The van der Waals surface area contributed by atoms with Gasteiger partial charge in [0, 0.05) is 22.9 Å². The van der Waals surface area contributed by atoms with Crippen LogP contribution in [0.2, 0.25) is 0 Å². The van der Waals surface area contributed by atoms with Crippen LogP contribution in [0, 0.1) is 0 Å². The number of carbonyl (C=O) groups is 1. The SMILES string of the molecule is O=C(Cc1ccccc1)c1cc(-c2ccccc2)nc2ccccc12. The van der Waals surface area contributed by atoms with E-state index in [0.717, 1.165) is 33.3 Å². The second kappa shape index (κ2) is 6.70. The van der Waals surface area contributed by atoms with Crippen molar-refractivity contribution in [3.05, 3.63) is 102 Å². The first kappa shape index (κ1) is 15.3. The lowest BCUT2D eigenvalue weighted by atomic mass is 9.97. The van der Waals surface area contributed by atoms with Crippen LogP contribution in [0.25, 0.3) is 22.2 Å². The largest absolute Gasteiger partial charge is 0.294 e. The predicted octanol–water partition coefficient (Wildman–Crippen LogP) is 5.33. The van der Waals surface area contributed by atoms with E-state index < -0.39 is 0 Å². The summed E-state index contributed by atoms with van der Waals surface area (Å²) in [6.07, 6.45) is 0.392. The van der Waals surface area contributed by atoms with E-state index in [1.54, 1.807) is 0 Å². The number of nitrogens with zero attached hydrogens (tertiary/aromatic N) is 1. The maximum Gasteiger partial charge on any atom is 0.167 e.